The van der Waals surface area contributed by atoms with Crippen LogP contribution < -0.4 is 4.74 Å². The molecule has 0 aliphatic heterocycles. The van der Waals surface area contributed by atoms with Crippen LogP contribution in [0, 0.1) is 0 Å². The number of thiol groups is 1. The van der Waals surface area contributed by atoms with E-state index in [-0.39, 0.29) is 0 Å². The Morgan fingerprint density at radius 2 is 1.39 bits per heavy atom. The van der Waals surface area contributed by atoms with E-state index in [0.29, 0.717) is 39.6 Å². The Hall–Kier alpha value is -0.750. The van der Waals surface area contributed by atoms with Gasteiger partial charge in [0.1, 0.15) is 12.4 Å². The molecule has 0 aliphatic rings. The van der Waals surface area contributed by atoms with Gasteiger partial charge in [0.2, 0.25) is 0 Å². The summed E-state index contributed by atoms with van der Waals surface area (Å²) in [5, 5.41) is 0. The fraction of sp³-hybridized carbons (Fsp3) is 0.538. The Morgan fingerprint density at radius 3 is 2.00 bits per heavy atom. The Balaban J connectivity index is 1.91. The molecule has 0 heterocycles. The van der Waals surface area contributed by atoms with Crippen molar-refractivity contribution in [3.63, 3.8) is 0 Å². The second kappa shape index (κ2) is 10.2. The molecule has 1 aromatic carbocycles. The molecular formula is C13H20O4S. The van der Waals surface area contributed by atoms with Crippen LogP contribution in [0.4, 0.5) is 0 Å². The first kappa shape index (κ1) is 15.3. The molecule has 0 radical (unpaired) electrons. The Labute approximate surface area is 114 Å². The highest BCUT2D eigenvalue weighted by atomic mass is 32.1. The number of ether oxygens (including phenoxy) is 4. The monoisotopic (exact) mass is 272 g/mol. The SMILES string of the molecule is COCCOCCOCCOc1ccc(S)cc1. The second-order valence-electron chi connectivity index (χ2n) is 3.56. The van der Waals surface area contributed by atoms with E-state index in [4.69, 9.17) is 18.9 Å². The third kappa shape index (κ3) is 7.55. The normalized spacial score (nSPS) is 10.6. The summed E-state index contributed by atoms with van der Waals surface area (Å²) in [5.41, 5.74) is 0. The van der Waals surface area contributed by atoms with Gasteiger partial charge in [0, 0.05) is 12.0 Å². The Morgan fingerprint density at radius 1 is 0.833 bits per heavy atom. The molecule has 0 fully saturated rings. The van der Waals surface area contributed by atoms with Crippen molar-refractivity contribution in [1.82, 2.24) is 0 Å². The van der Waals surface area contributed by atoms with Crippen molar-refractivity contribution < 1.29 is 18.9 Å². The predicted octanol–water partition coefficient (Wildman–Crippen LogP) is 2.03. The minimum atomic E-state index is 0.532. The summed E-state index contributed by atoms with van der Waals surface area (Å²) in [6.45, 7) is 3.46. The second-order valence-corrected chi connectivity index (χ2v) is 4.08. The topological polar surface area (TPSA) is 36.9 Å². The molecule has 0 amide bonds. The van der Waals surface area contributed by atoms with E-state index >= 15 is 0 Å². The summed E-state index contributed by atoms with van der Waals surface area (Å²) < 4.78 is 20.9. The van der Waals surface area contributed by atoms with Crippen LogP contribution in [-0.4, -0.2) is 46.8 Å². The first-order chi connectivity index (χ1) is 8.83. The van der Waals surface area contributed by atoms with E-state index in [1.54, 1.807) is 7.11 Å². The highest BCUT2D eigenvalue weighted by Gasteiger charge is 1.94. The molecule has 1 aromatic rings. The first-order valence-corrected chi connectivity index (χ1v) is 6.34. The average molecular weight is 272 g/mol. The molecule has 0 bridgehead atoms. The highest BCUT2D eigenvalue weighted by molar-refractivity contribution is 7.80. The lowest BCUT2D eigenvalue weighted by Crippen LogP contribution is -2.12. The maximum Gasteiger partial charge on any atom is 0.119 e. The number of hydrogen-bond donors (Lipinski definition) is 1. The zero-order chi connectivity index (χ0) is 13.1. The van der Waals surface area contributed by atoms with Crippen molar-refractivity contribution in [3.8, 4) is 5.75 Å². The van der Waals surface area contributed by atoms with Gasteiger partial charge in [-0.05, 0) is 24.3 Å². The van der Waals surface area contributed by atoms with Crippen LogP contribution in [0.25, 0.3) is 0 Å². The van der Waals surface area contributed by atoms with Crippen molar-refractivity contribution >= 4 is 12.6 Å². The van der Waals surface area contributed by atoms with Gasteiger partial charge >= 0.3 is 0 Å². The van der Waals surface area contributed by atoms with Crippen LogP contribution >= 0.6 is 12.6 Å². The van der Waals surface area contributed by atoms with Crippen LogP contribution in [0.3, 0.4) is 0 Å². The van der Waals surface area contributed by atoms with E-state index in [2.05, 4.69) is 12.6 Å². The van der Waals surface area contributed by atoms with Gasteiger partial charge in [-0.1, -0.05) is 0 Å². The van der Waals surface area contributed by atoms with E-state index in [1.807, 2.05) is 24.3 Å². The standard InChI is InChI=1S/C13H20O4S/c1-14-6-7-15-8-9-16-10-11-17-12-2-4-13(18)5-3-12/h2-5,18H,6-11H2,1H3. The first-order valence-electron chi connectivity index (χ1n) is 5.89. The van der Waals surface area contributed by atoms with Gasteiger partial charge in [0.05, 0.1) is 33.0 Å². The minimum Gasteiger partial charge on any atom is -0.491 e. The Kier molecular flexibility index (Phi) is 8.67. The number of methoxy groups -OCH3 is 1. The smallest absolute Gasteiger partial charge is 0.119 e. The fourth-order valence-corrected chi connectivity index (χ4v) is 1.37. The largest absolute Gasteiger partial charge is 0.491 e. The van der Waals surface area contributed by atoms with Gasteiger partial charge < -0.3 is 18.9 Å². The third-order valence-electron chi connectivity index (χ3n) is 2.14. The van der Waals surface area contributed by atoms with Crippen molar-refractivity contribution in [1.29, 1.82) is 0 Å². The van der Waals surface area contributed by atoms with Crippen LogP contribution in [0.5, 0.6) is 5.75 Å². The molecule has 0 aliphatic carbocycles. The molecule has 4 nitrogen and oxygen atoms in total. The summed E-state index contributed by atoms with van der Waals surface area (Å²) in [6.07, 6.45) is 0. The minimum absolute atomic E-state index is 0.532. The summed E-state index contributed by atoms with van der Waals surface area (Å²) in [4.78, 5) is 0.923. The highest BCUT2D eigenvalue weighted by Crippen LogP contribution is 2.13. The number of hydrogen-bond acceptors (Lipinski definition) is 5. The molecule has 5 heteroatoms. The molecule has 0 atom stereocenters. The quantitative estimate of drug-likeness (QED) is 0.522. The maximum absolute atomic E-state index is 5.49. The fourth-order valence-electron chi connectivity index (χ4n) is 1.23. The molecule has 1 rings (SSSR count). The van der Waals surface area contributed by atoms with Gasteiger partial charge in [-0.25, -0.2) is 0 Å². The zero-order valence-electron chi connectivity index (χ0n) is 10.6. The summed E-state index contributed by atoms with van der Waals surface area (Å²) in [5.74, 6) is 0.827. The third-order valence-corrected chi connectivity index (χ3v) is 2.44. The lowest BCUT2D eigenvalue weighted by molar-refractivity contribution is 0.0179. The lowest BCUT2D eigenvalue weighted by atomic mass is 10.3. The molecule has 0 saturated carbocycles. The molecule has 0 aromatic heterocycles. The summed E-state index contributed by atoms with van der Waals surface area (Å²) in [7, 11) is 1.65. The molecule has 0 N–H and O–H groups in total. The molecule has 0 spiro atoms. The number of benzene rings is 1. The van der Waals surface area contributed by atoms with Crippen LogP contribution in [-0.2, 0) is 14.2 Å². The maximum atomic E-state index is 5.49. The summed E-state index contributed by atoms with van der Waals surface area (Å²) >= 11 is 4.20. The van der Waals surface area contributed by atoms with Gasteiger partial charge in [-0.15, -0.1) is 12.6 Å². The van der Waals surface area contributed by atoms with E-state index in [9.17, 15) is 0 Å². The van der Waals surface area contributed by atoms with Crippen molar-refractivity contribution in [2.24, 2.45) is 0 Å². The van der Waals surface area contributed by atoms with Gasteiger partial charge in [0.25, 0.3) is 0 Å². The number of rotatable bonds is 10. The van der Waals surface area contributed by atoms with E-state index in [0.717, 1.165) is 10.6 Å². The van der Waals surface area contributed by atoms with Crippen molar-refractivity contribution in [2.75, 3.05) is 46.8 Å². The molecule has 102 valence electrons. The lowest BCUT2D eigenvalue weighted by Gasteiger charge is -2.07. The predicted molar refractivity (Wildman–Crippen MR) is 72.7 cm³/mol. The van der Waals surface area contributed by atoms with Crippen LogP contribution in [0.15, 0.2) is 29.2 Å². The van der Waals surface area contributed by atoms with E-state index in [1.165, 1.54) is 0 Å². The Bertz CT molecular complexity index is 302. The van der Waals surface area contributed by atoms with Crippen molar-refractivity contribution in [2.45, 2.75) is 4.90 Å². The van der Waals surface area contributed by atoms with Crippen LogP contribution in [0.2, 0.25) is 0 Å². The molecule has 0 saturated heterocycles. The zero-order valence-corrected chi connectivity index (χ0v) is 11.5. The van der Waals surface area contributed by atoms with Crippen molar-refractivity contribution in [3.05, 3.63) is 24.3 Å². The van der Waals surface area contributed by atoms with Gasteiger partial charge in [0.15, 0.2) is 0 Å². The van der Waals surface area contributed by atoms with Gasteiger partial charge in [-0.2, -0.15) is 0 Å². The van der Waals surface area contributed by atoms with E-state index < -0.39 is 0 Å². The average Bonchev–Trinajstić information content (AvgIpc) is 2.39. The molecular weight excluding hydrogens is 252 g/mol. The molecule has 18 heavy (non-hydrogen) atoms. The van der Waals surface area contributed by atoms with Crippen LogP contribution in [0.1, 0.15) is 0 Å². The molecule has 0 unspecified atom stereocenters. The van der Waals surface area contributed by atoms with Gasteiger partial charge in [-0.3, -0.25) is 0 Å². The summed E-state index contributed by atoms with van der Waals surface area (Å²) in [6, 6.07) is 7.55.